The minimum absolute atomic E-state index is 0.0453. The highest BCUT2D eigenvalue weighted by Crippen LogP contribution is 2.23. The predicted octanol–water partition coefficient (Wildman–Crippen LogP) is 3.12. The van der Waals surface area contributed by atoms with Crippen LogP contribution in [0, 0.1) is 0 Å². The summed E-state index contributed by atoms with van der Waals surface area (Å²) in [6.45, 7) is 0. The second kappa shape index (κ2) is 9.24. The van der Waals surface area contributed by atoms with Crippen LogP contribution in [0.25, 0.3) is 11.5 Å². The topological polar surface area (TPSA) is 140 Å². The maximum atomic E-state index is 12.3. The Bertz CT molecular complexity index is 1260. The summed E-state index contributed by atoms with van der Waals surface area (Å²) in [7, 11) is -3.75. The van der Waals surface area contributed by atoms with Crippen LogP contribution in [-0.4, -0.2) is 40.2 Å². The van der Waals surface area contributed by atoms with Crippen molar-refractivity contribution in [2.45, 2.75) is 10.1 Å². The molecule has 0 aliphatic carbocycles. The molecule has 0 atom stereocenters. The Balaban J connectivity index is 1.31. The van der Waals surface area contributed by atoms with Gasteiger partial charge in [0.25, 0.3) is 15.2 Å². The van der Waals surface area contributed by atoms with Crippen molar-refractivity contribution in [1.29, 1.82) is 0 Å². The number of aromatic nitrogens is 4. The lowest BCUT2D eigenvalue weighted by Crippen LogP contribution is -2.15. The number of nitrogens with one attached hydrogen (secondary N) is 2. The third-order valence-electron chi connectivity index (χ3n) is 3.76. The number of amides is 1. The highest BCUT2D eigenvalue weighted by atomic mass is 32.2. The second-order valence-electron chi connectivity index (χ2n) is 5.91. The molecule has 13 heteroatoms. The molecule has 2 N–H and O–H groups in total. The molecule has 0 fully saturated rings. The number of sulfonamides is 1. The Morgan fingerprint density at radius 2 is 1.84 bits per heavy atom. The Morgan fingerprint density at radius 1 is 1.06 bits per heavy atom. The van der Waals surface area contributed by atoms with Crippen LogP contribution >= 0.6 is 23.1 Å². The monoisotopic (exact) mass is 474 g/mol. The van der Waals surface area contributed by atoms with Gasteiger partial charge in [-0.15, -0.1) is 21.5 Å². The van der Waals surface area contributed by atoms with Gasteiger partial charge in [0, 0.05) is 35.2 Å². The van der Waals surface area contributed by atoms with Crippen molar-refractivity contribution in [3.05, 3.63) is 60.4 Å². The second-order valence-corrected chi connectivity index (χ2v) is 9.42. The van der Waals surface area contributed by atoms with E-state index in [1.165, 1.54) is 41.8 Å². The van der Waals surface area contributed by atoms with Gasteiger partial charge in [-0.05, 0) is 36.4 Å². The Kier molecular flexibility index (Phi) is 6.25. The molecule has 1 aromatic carbocycles. The molecule has 0 unspecified atom stereocenters. The van der Waals surface area contributed by atoms with Gasteiger partial charge in [0.2, 0.25) is 11.8 Å². The lowest BCUT2D eigenvalue weighted by Gasteiger charge is -2.07. The van der Waals surface area contributed by atoms with Crippen LogP contribution in [0.2, 0.25) is 0 Å². The van der Waals surface area contributed by atoms with Crippen LogP contribution in [-0.2, 0) is 14.8 Å². The standard InChI is InChI=1S/C18H14N6O4S3/c25-15(11-30-18-23-22-16(28-18)12-5-7-19-8-6-12)21-13-1-3-14(4-2-13)31(26,27)24-17-20-9-10-29-17/h1-10H,11H2,(H,20,24)(H,21,25). The molecule has 3 aromatic heterocycles. The fourth-order valence-corrected chi connectivity index (χ4v) is 4.72. The van der Waals surface area contributed by atoms with Crippen molar-refractivity contribution in [3.8, 4) is 11.5 Å². The molecule has 0 saturated heterocycles. The summed E-state index contributed by atoms with van der Waals surface area (Å²) in [6.07, 6.45) is 4.74. The molecule has 0 aliphatic heterocycles. The van der Waals surface area contributed by atoms with E-state index in [0.29, 0.717) is 11.6 Å². The Morgan fingerprint density at radius 3 is 2.55 bits per heavy atom. The zero-order valence-corrected chi connectivity index (χ0v) is 18.1. The normalized spacial score (nSPS) is 11.2. The largest absolute Gasteiger partial charge is 0.411 e. The maximum absolute atomic E-state index is 12.3. The summed E-state index contributed by atoms with van der Waals surface area (Å²) in [6, 6.07) is 9.30. The predicted molar refractivity (Wildman–Crippen MR) is 116 cm³/mol. The SMILES string of the molecule is O=C(CSc1nnc(-c2ccncc2)o1)Nc1ccc(S(=O)(=O)Nc2nccs2)cc1. The number of pyridine rings is 1. The number of carbonyl (C=O) groups is 1. The smallest absolute Gasteiger partial charge is 0.277 e. The number of thiazole rings is 1. The lowest BCUT2D eigenvalue weighted by molar-refractivity contribution is -0.113. The van der Waals surface area contributed by atoms with Crippen LogP contribution in [0.1, 0.15) is 0 Å². The first kappa shape index (κ1) is 21.0. The molecule has 1 amide bonds. The molecular formula is C18H14N6O4S3. The summed E-state index contributed by atoms with van der Waals surface area (Å²) < 4.78 is 32.6. The first-order valence-electron chi connectivity index (χ1n) is 8.68. The highest BCUT2D eigenvalue weighted by Gasteiger charge is 2.16. The van der Waals surface area contributed by atoms with Crippen molar-refractivity contribution >= 4 is 49.8 Å². The van der Waals surface area contributed by atoms with Gasteiger partial charge in [-0.25, -0.2) is 13.4 Å². The van der Waals surface area contributed by atoms with E-state index < -0.39 is 10.0 Å². The van der Waals surface area contributed by atoms with E-state index in [1.807, 2.05) is 0 Å². The number of hydrogen-bond acceptors (Lipinski definition) is 10. The number of nitrogens with zero attached hydrogens (tertiary/aromatic N) is 4. The van der Waals surface area contributed by atoms with Crippen LogP contribution in [0.5, 0.6) is 0 Å². The van der Waals surface area contributed by atoms with Crippen LogP contribution in [0.4, 0.5) is 10.8 Å². The fourth-order valence-electron chi connectivity index (χ4n) is 2.37. The third kappa shape index (κ3) is 5.45. The number of hydrogen-bond donors (Lipinski definition) is 2. The average Bonchev–Trinajstić information content (AvgIpc) is 3.45. The van der Waals surface area contributed by atoms with Gasteiger partial charge >= 0.3 is 0 Å². The lowest BCUT2D eigenvalue weighted by atomic mass is 10.3. The third-order valence-corrected chi connectivity index (χ3v) is 6.75. The van der Waals surface area contributed by atoms with E-state index in [9.17, 15) is 13.2 Å². The van der Waals surface area contributed by atoms with Gasteiger partial charge in [0.15, 0.2) is 5.13 Å². The molecular weight excluding hydrogens is 460 g/mol. The van der Waals surface area contributed by atoms with Crippen molar-refractivity contribution in [1.82, 2.24) is 20.2 Å². The maximum Gasteiger partial charge on any atom is 0.277 e. The summed E-state index contributed by atoms with van der Waals surface area (Å²) in [5.74, 6) is 0.0857. The van der Waals surface area contributed by atoms with Gasteiger partial charge in [-0.1, -0.05) is 11.8 Å². The Labute approximate surface area is 185 Å². The van der Waals surface area contributed by atoms with Gasteiger partial charge < -0.3 is 9.73 Å². The zero-order valence-electron chi connectivity index (χ0n) is 15.6. The molecule has 0 spiro atoms. The number of anilines is 2. The average molecular weight is 475 g/mol. The van der Waals surface area contributed by atoms with Crippen molar-refractivity contribution in [2.24, 2.45) is 0 Å². The van der Waals surface area contributed by atoms with E-state index in [1.54, 1.807) is 29.9 Å². The first-order chi connectivity index (χ1) is 15.0. The van der Waals surface area contributed by atoms with Crippen molar-refractivity contribution in [2.75, 3.05) is 15.8 Å². The van der Waals surface area contributed by atoms with E-state index in [2.05, 4.69) is 30.2 Å². The van der Waals surface area contributed by atoms with Crippen LogP contribution < -0.4 is 10.0 Å². The van der Waals surface area contributed by atoms with Crippen molar-refractivity contribution in [3.63, 3.8) is 0 Å². The summed E-state index contributed by atoms with van der Waals surface area (Å²) in [5, 5.41) is 12.8. The van der Waals surface area contributed by atoms with E-state index in [4.69, 9.17) is 4.42 Å². The molecule has 4 aromatic rings. The van der Waals surface area contributed by atoms with Gasteiger partial charge in [-0.2, -0.15) is 0 Å². The summed E-state index contributed by atoms with van der Waals surface area (Å²) >= 11 is 2.27. The molecule has 0 saturated carbocycles. The van der Waals surface area contributed by atoms with E-state index in [0.717, 1.165) is 17.3 Å². The molecule has 0 radical (unpaired) electrons. The molecule has 0 aliphatic rings. The Hall–Kier alpha value is -3.29. The molecule has 31 heavy (non-hydrogen) atoms. The quantitative estimate of drug-likeness (QED) is 0.369. The van der Waals surface area contributed by atoms with Gasteiger partial charge in [0.05, 0.1) is 10.6 Å². The molecule has 0 bridgehead atoms. The number of thioether (sulfide) groups is 1. The molecule has 3 heterocycles. The van der Waals surface area contributed by atoms with E-state index in [-0.39, 0.29) is 26.9 Å². The minimum atomic E-state index is -3.75. The summed E-state index contributed by atoms with van der Waals surface area (Å²) in [5.41, 5.74) is 1.19. The minimum Gasteiger partial charge on any atom is -0.411 e. The van der Waals surface area contributed by atoms with Gasteiger partial charge in [-0.3, -0.25) is 14.5 Å². The van der Waals surface area contributed by atoms with Crippen LogP contribution in [0.15, 0.2) is 74.9 Å². The number of rotatable bonds is 8. The number of benzene rings is 1. The van der Waals surface area contributed by atoms with Crippen LogP contribution in [0.3, 0.4) is 0 Å². The van der Waals surface area contributed by atoms with E-state index >= 15 is 0 Å². The first-order valence-corrected chi connectivity index (χ1v) is 12.0. The summed E-state index contributed by atoms with van der Waals surface area (Å²) in [4.78, 5) is 20.1. The number of carbonyl (C=O) groups excluding carboxylic acids is 1. The van der Waals surface area contributed by atoms with Crippen molar-refractivity contribution < 1.29 is 17.6 Å². The molecule has 158 valence electrons. The van der Waals surface area contributed by atoms with Gasteiger partial charge in [0.1, 0.15) is 0 Å². The molecule has 4 rings (SSSR count). The highest BCUT2D eigenvalue weighted by molar-refractivity contribution is 7.99. The molecule has 10 nitrogen and oxygen atoms in total. The fraction of sp³-hybridized carbons (Fsp3) is 0.0556. The zero-order chi connectivity index (χ0) is 21.7.